The monoisotopic (exact) mass is 366 g/mol. The molecular weight excluding hydrogens is 344 g/mol. The fraction of sp³-hybridized carbons (Fsp3) is 0.350. The van der Waals surface area contributed by atoms with Crippen molar-refractivity contribution in [2.75, 3.05) is 13.2 Å². The minimum Gasteiger partial charge on any atom is -0.486 e. The van der Waals surface area contributed by atoms with Crippen molar-refractivity contribution in [2.45, 2.75) is 26.8 Å². The number of benzene rings is 1. The van der Waals surface area contributed by atoms with Gasteiger partial charge in [0.05, 0.1) is 11.6 Å². The van der Waals surface area contributed by atoms with Gasteiger partial charge in [0.1, 0.15) is 13.2 Å². The quantitative estimate of drug-likeness (QED) is 0.740. The van der Waals surface area contributed by atoms with E-state index in [1.54, 1.807) is 6.20 Å². The minimum atomic E-state index is -0.168. The molecular formula is C20H22N4O3. The van der Waals surface area contributed by atoms with Crippen molar-refractivity contribution in [3.05, 3.63) is 47.3 Å². The van der Waals surface area contributed by atoms with Crippen molar-refractivity contribution < 1.29 is 14.3 Å². The van der Waals surface area contributed by atoms with Crippen LogP contribution in [0.3, 0.4) is 0 Å². The van der Waals surface area contributed by atoms with Gasteiger partial charge in [-0.25, -0.2) is 4.98 Å². The Morgan fingerprint density at radius 3 is 2.74 bits per heavy atom. The summed E-state index contributed by atoms with van der Waals surface area (Å²) in [7, 11) is 0. The zero-order chi connectivity index (χ0) is 19.0. The predicted molar refractivity (Wildman–Crippen MR) is 101 cm³/mol. The number of nitrogens with zero attached hydrogens (tertiary/aromatic N) is 2. The first-order valence-corrected chi connectivity index (χ1v) is 9.04. The summed E-state index contributed by atoms with van der Waals surface area (Å²) >= 11 is 0. The fourth-order valence-electron chi connectivity index (χ4n) is 3.26. The third-order valence-electron chi connectivity index (χ3n) is 4.74. The van der Waals surface area contributed by atoms with Crippen molar-refractivity contribution in [2.24, 2.45) is 5.92 Å². The lowest BCUT2D eigenvalue weighted by atomic mass is 9.95. The van der Waals surface area contributed by atoms with Gasteiger partial charge in [0, 0.05) is 17.3 Å². The van der Waals surface area contributed by atoms with E-state index < -0.39 is 0 Å². The molecule has 0 bridgehead atoms. The van der Waals surface area contributed by atoms with Gasteiger partial charge in [0.2, 0.25) is 0 Å². The van der Waals surface area contributed by atoms with Gasteiger partial charge in [0.25, 0.3) is 5.91 Å². The van der Waals surface area contributed by atoms with Gasteiger partial charge in [-0.2, -0.15) is 5.10 Å². The Labute approximate surface area is 157 Å². The summed E-state index contributed by atoms with van der Waals surface area (Å²) in [5, 5.41) is 11.0. The van der Waals surface area contributed by atoms with E-state index in [-0.39, 0.29) is 17.9 Å². The summed E-state index contributed by atoms with van der Waals surface area (Å²) in [5.41, 5.74) is 2.99. The second-order valence-electron chi connectivity index (χ2n) is 7.04. The number of amides is 1. The topological polar surface area (TPSA) is 89.1 Å². The van der Waals surface area contributed by atoms with Gasteiger partial charge in [-0.3, -0.25) is 9.89 Å². The van der Waals surface area contributed by atoms with Crippen molar-refractivity contribution >= 4 is 16.9 Å². The number of aryl methyl sites for hydroxylation is 1. The smallest absolute Gasteiger partial charge is 0.253 e. The maximum absolute atomic E-state index is 12.9. The van der Waals surface area contributed by atoms with Crippen LogP contribution in [-0.2, 0) is 0 Å². The van der Waals surface area contributed by atoms with E-state index >= 15 is 0 Å². The second-order valence-corrected chi connectivity index (χ2v) is 7.04. The molecule has 2 N–H and O–H groups in total. The zero-order valence-corrected chi connectivity index (χ0v) is 15.6. The highest BCUT2D eigenvalue weighted by molar-refractivity contribution is 5.97. The highest BCUT2D eigenvalue weighted by Crippen LogP contribution is 2.34. The van der Waals surface area contributed by atoms with Crippen LogP contribution >= 0.6 is 0 Å². The number of hydrogen-bond donors (Lipinski definition) is 2. The molecule has 27 heavy (non-hydrogen) atoms. The number of fused-ring (bicyclic) bond motifs is 2. The molecule has 7 heteroatoms. The Balaban J connectivity index is 1.60. The Bertz CT molecular complexity index is 996. The largest absolute Gasteiger partial charge is 0.486 e. The SMILES string of the molecule is Cc1[nH]nc2ncc(C(=O)NC(c3ccc4c(c3)OCCO4)C(C)C)cc12. The first kappa shape index (κ1) is 17.3. The summed E-state index contributed by atoms with van der Waals surface area (Å²) in [6.07, 6.45) is 1.55. The molecule has 0 spiro atoms. The zero-order valence-electron chi connectivity index (χ0n) is 15.6. The Hall–Kier alpha value is -3.09. The maximum atomic E-state index is 12.9. The van der Waals surface area contributed by atoms with Gasteiger partial charge in [-0.1, -0.05) is 19.9 Å². The molecule has 0 saturated carbocycles. The van der Waals surface area contributed by atoms with Gasteiger partial charge < -0.3 is 14.8 Å². The van der Waals surface area contributed by atoms with Crippen LogP contribution in [-0.4, -0.2) is 34.3 Å². The van der Waals surface area contributed by atoms with Gasteiger partial charge >= 0.3 is 0 Å². The van der Waals surface area contributed by atoms with Crippen LogP contribution in [0.1, 0.15) is 41.5 Å². The molecule has 1 unspecified atom stereocenters. The van der Waals surface area contributed by atoms with Crippen molar-refractivity contribution in [3.63, 3.8) is 0 Å². The van der Waals surface area contributed by atoms with Crippen LogP contribution < -0.4 is 14.8 Å². The number of rotatable bonds is 4. The normalized spacial score (nSPS) is 14.4. The third kappa shape index (κ3) is 3.32. The highest BCUT2D eigenvalue weighted by atomic mass is 16.6. The summed E-state index contributed by atoms with van der Waals surface area (Å²) < 4.78 is 11.3. The molecule has 2 aromatic heterocycles. The van der Waals surface area contributed by atoms with Gasteiger partial charge in [0.15, 0.2) is 17.1 Å². The molecule has 4 rings (SSSR count). The van der Waals surface area contributed by atoms with Crippen LogP contribution in [0, 0.1) is 12.8 Å². The summed E-state index contributed by atoms with van der Waals surface area (Å²) in [5.74, 6) is 1.49. The van der Waals surface area contributed by atoms with Crippen LogP contribution in [0.4, 0.5) is 0 Å². The van der Waals surface area contributed by atoms with E-state index in [1.165, 1.54) is 0 Å². The molecule has 1 amide bonds. The second kappa shape index (κ2) is 6.90. The predicted octanol–water partition coefficient (Wildman–Crippen LogP) is 3.16. The molecule has 1 atom stereocenters. The number of pyridine rings is 1. The molecule has 3 aromatic rings. The molecule has 3 heterocycles. The Kier molecular flexibility index (Phi) is 4.43. The Morgan fingerprint density at radius 1 is 1.19 bits per heavy atom. The summed E-state index contributed by atoms with van der Waals surface area (Å²) in [4.78, 5) is 17.1. The minimum absolute atomic E-state index is 0.158. The molecule has 0 fully saturated rings. The number of nitrogens with one attached hydrogen (secondary N) is 2. The van der Waals surface area contributed by atoms with E-state index in [0.29, 0.717) is 24.4 Å². The van der Waals surface area contributed by atoms with Crippen LogP contribution in [0.2, 0.25) is 0 Å². The van der Waals surface area contributed by atoms with Crippen LogP contribution in [0.5, 0.6) is 11.5 Å². The molecule has 7 nitrogen and oxygen atoms in total. The maximum Gasteiger partial charge on any atom is 0.253 e. The lowest BCUT2D eigenvalue weighted by Gasteiger charge is -2.25. The molecule has 1 aliphatic rings. The number of carbonyl (C=O) groups is 1. The lowest BCUT2D eigenvalue weighted by Crippen LogP contribution is -2.32. The van der Waals surface area contributed by atoms with E-state index in [2.05, 4.69) is 34.3 Å². The average molecular weight is 366 g/mol. The van der Waals surface area contributed by atoms with E-state index in [9.17, 15) is 4.79 Å². The first-order chi connectivity index (χ1) is 13.0. The average Bonchev–Trinajstić information content (AvgIpc) is 3.05. The molecule has 1 aliphatic heterocycles. The standard InChI is InChI=1S/C20H22N4O3/c1-11(2)18(13-4-5-16-17(9-13)27-7-6-26-16)22-20(25)14-8-15-12(3)23-24-19(15)21-10-14/h4-5,8-11,18H,6-7H2,1-3H3,(H,22,25)(H,21,23,24). The molecule has 0 aliphatic carbocycles. The lowest BCUT2D eigenvalue weighted by molar-refractivity contribution is 0.0925. The first-order valence-electron chi connectivity index (χ1n) is 9.04. The number of H-pyrrole nitrogens is 1. The van der Waals surface area contributed by atoms with E-state index in [1.807, 2.05) is 31.2 Å². The van der Waals surface area contributed by atoms with Crippen LogP contribution in [0.25, 0.3) is 11.0 Å². The van der Waals surface area contributed by atoms with E-state index in [4.69, 9.17) is 9.47 Å². The van der Waals surface area contributed by atoms with Crippen molar-refractivity contribution in [3.8, 4) is 11.5 Å². The number of ether oxygens (including phenoxy) is 2. The van der Waals surface area contributed by atoms with Crippen molar-refractivity contribution in [1.82, 2.24) is 20.5 Å². The number of aromatic amines is 1. The van der Waals surface area contributed by atoms with Gasteiger partial charge in [-0.15, -0.1) is 0 Å². The van der Waals surface area contributed by atoms with Crippen molar-refractivity contribution in [1.29, 1.82) is 0 Å². The van der Waals surface area contributed by atoms with E-state index in [0.717, 1.165) is 28.1 Å². The summed E-state index contributed by atoms with van der Waals surface area (Å²) in [6.45, 7) is 7.14. The fourth-order valence-corrected chi connectivity index (χ4v) is 3.26. The van der Waals surface area contributed by atoms with Gasteiger partial charge in [-0.05, 0) is 36.6 Å². The molecule has 0 radical (unpaired) electrons. The highest BCUT2D eigenvalue weighted by Gasteiger charge is 2.22. The third-order valence-corrected chi connectivity index (χ3v) is 4.74. The molecule has 1 aromatic carbocycles. The molecule has 0 saturated heterocycles. The molecule has 140 valence electrons. The van der Waals surface area contributed by atoms with Crippen LogP contribution in [0.15, 0.2) is 30.5 Å². The summed E-state index contributed by atoms with van der Waals surface area (Å²) in [6, 6.07) is 7.47. The Morgan fingerprint density at radius 2 is 1.96 bits per heavy atom. The number of carbonyl (C=O) groups excluding carboxylic acids is 1. The number of hydrogen-bond acceptors (Lipinski definition) is 5. The number of aromatic nitrogens is 3.